The molecule has 2 nitrogen and oxygen atoms in total. The summed E-state index contributed by atoms with van der Waals surface area (Å²) < 4.78 is 0. The standard InChI is InChI=1S/C17H18ClNO/c1-12-7-3-5-9-14(12)17(19-16(20)11-18)15-10-6-4-8-13(15)2/h3-10,17H,11H2,1-2H3,(H,19,20). The predicted octanol–water partition coefficient (Wildman–Crippen LogP) is 3.75. The van der Waals surface area contributed by atoms with Crippen molar-refractivity contribution in [2.75, 3.05) is 5.88 Å². The number of rotatable bonds is 4. The van der Waals surface area contributed by atoms with E-state index in [4.69, 9.17) is 11.6 Å². The molecule has 2 rings (SSSR count). The van der Waals surface area contributed by atoms with E-state index in [0.29, 0.717) is 0 Å². The molecule has 2 aromatic carbocycles. The van der Waals surface area contributed by atoms with Gasteiger partial charge in [0.2, 0.25) is 5.91 Å². The lowest BCUT2D eigenvalue weighted by atomic mass is 9.92. The fourth-order valence-corrected chi connectivity index (χ4v) is 2.42. The molecule has 0 unspecified atom stereocenters. The Labute approximate surface area is 124 Å². The van der Waals surface area contributed by atoms with Crippen molar-refractivity contribution in [2.24, 2.45) is 0 Å². The summed E-state index contributed by atoms with van der Waals surface area (Å²) >= 11 is 5.64. The molecule has 1 amide bonds. The van der Waals surface area contributed by atoms with Gasteiger partial charge in [0.25, 0.3) is 0 Å². The van der Waals surface area contributed by atoms with Crippen LogP contribution in [0.5, 0.6) is 0 Å². The van der Waals surface area contributed by atoms with Gasteiger partial charge in [0.15, 0.2) is 0 Å². The molecule has 0 aliphatic heterocycles. The van der Waals surface area contributed by atoms with Crippen LogP contribution in [0.2, 0.25) is 0 Å². The first kappa shape index (κ1) is 14.6. The van der Waals surface area contributed by atoms with Crippen molar-refractivity contribution in [3.05, 3.63) is 70.8 Å². The number of aryl methyl sites for hydroxylation is 2. The van der Waals surface area contributed by atoms with Gasteiger partial charge in [-0.1, -0.05) is 48.5 Å². The average molecular weight is 288 g/mol. The summed E-state index contributed by atoms with van der Waals surface area (Å²) in [5.74, 6) is -0.197. The number of carbonyl (C=O) groups excluding carboxylic acids is 1. The Balaban J connectivity index is 2.48. The molecule has 1 N–H and O–H groups in total. The summed E-state index contributed by atoms with van der Waals surface area (Å²) in [6.07, 6.45) is 0. The van der Waals surface area contributed by atoms with Crippen molar-refractivity contribution in [1.82, 2.24) is 5.32 Å². The second kappa shape index (κ2) is 6.58. The van der Waals surface area contributed by atoms with Gasteiger partial charge in [-0.2, -0.15) is 0 Å². The first-order valence-corrected chi connectivity index (χ1v) is 7.13. The monoisotopic (exact) mass is 287 g/mol. The van der Waals surface area contributed by atoms with Gasteiger partial charge in [0.1, 0.15) is 5.88 Å². The maximum Gasteiger partial charge on any atom is 0.235 e. The van der Waals surface area contributed by atoms with Crippen LogP contribution in [-0.2, 0) is 4.79 Å². The zero-order valence-electron chi connectivity index (χ0n) is 11.7. The van der Waals surface area contributed by atoms with Gasteiger partial charge in [0.05, 0.1) is 6.04 Å². The van der Waals surface area contributed by atoms with E-state index in [9.17, 15) is 4.79 Å². The SMILES string of the molecule is Cc1ccccc1C(NC(=O)CCl)c1ccccc1C. The molecule has 0 heterocycles. The minimum absolute atomic E-state index is 0.0335. The zero-order chi connectivity index (χ0) is 14.5. The molecule has 2 aromatic rings. The Bertz CT molecular complexity index is 564. The molecule has 0 radical (unpaired) electrons. The highest BCUT2D eigenvalue weighted by molar-refractivity contribution is 6.27. The van der Waals surface area contributed by atoms with Crippen LogP contribution < -0.4 is 5.32 Å². The largest absolute Gasteiger partial charge is 0.344 e. The smallest absolute Gasteiger partial charge is 0.235 e. The van der Waals surface area contributed by atoms with Crippen molar-refractivity contribution in [1.29, 1.82) is 0 Å². The van der Waals surface area contributed by atoms with Crippen LogP contribution in [0.3, 0.4) is 0 Å². The molecule has 0 aliphatic rings. The molecule has 3 heteroatoms. The Morgan fingerprint density at radius 2 is 1.45 bits per heavy atom. The maximum atomic E-state index is 11.7. The summed E-state index contributed by atoms with van der Waals surface area (Å²) in [6, 6.07) is 16.0. The number of nitrogens with one attached hydrogen (secondary N) is 1. The summed E-state index contributed by atoms with van der Waals surface area (Å²) in [5, 5.41) is 3.01. The fraction of sp³-hybridized carbons (Fsp3) is 0.235. The summed E-state index contributed by atoms with van der Waals surface area (Å²) in [6.45, 7) is 4.10. The third-order valence-corrected chi connectivity index (χ3v) is 3.67. The van der Waals surface area contributed by atoms with Crippen LogP contribution in [0.25, 0.3) is 0 Å². The lowest BCUT2D eigenvalue weighted by Crippen LogP contribution is -2.31. The van der Waals surface area contributed by atoms with Crippen molar-refractivity contribution >= 4 is 17.5 Å². The van der Waals surface area contributed by atoms with Crippen molar-refractivity contribution in [3.8, 4) is 0 Å². The Kier molecular flexibility index (Phi) is 4.80. The lowest BCUT2D eigenvalue weighted by Gasteiger charge is -2.22. The van der Waals surface area contributed by atoms with Gasteiger partial charge < -0.3 is 5.32 Å². The average Bonchev–Trinajstić information content (AvgIpc) is 2.46. The van der Waals surface area contributed by atoms with Crippen molar-refractivity contribution < 1.29 is 4.79 Å². The number of benzene rings is 2. The molecule has 104 valence electrons. The highest BCUT2D eigenvalue weighted by Crippen LogP contribution is 2.27. The quantitative estimate of drug-likeness (QED) is 0.853. The first-order chi connectivity index (χ1) is 9.63. The molecule has 0 aromatic heterocycles. The van der Waals surface area contributed by atoms with E-state index in [-0.39, 0.29) is 17.8 Å². The molecule has 0 fully saturated rings. The highest BCUT2D eigenvalue weighted by atomic mass is 35.5. The van der Waals surface area contributed by atoms with E-state index < -0.39 is 0 Å². The molecule has 20 heavy (non-hydrogen) atoms. The lowest BCUT2D eigenvalue weighted by molar-refractivity contribution is -0.119. The molecule has 0 aliphatic carbocycles. The second-order valence-electron chi connectivity index (χ2n) is 4.85. The normalized spacial score (nSPS) is 10.6. The van der Waals surface area contributed by atoms with E-state index in [2.05, 4.69) is 5.32 Å². The topological polar surface area (TPSA) is 29.1 Å². The van der Waals surface area contributed by atoms with Crippen LogP contribution in [-0.4, -0.2) is 11.8 Å². The van der Waals surface area contributed by atoms with E-state index in [1.54, 1.807) is 0 Å². The first-order valence-electron chi connectivity index (χ1n) is 6.60. The van der Waals surface area contributed by atoms with Crippen LogP contribution in [0.4, 0.5) is 0 Å². The predicted molar refractivity (Wildman–Crippen MR) is 83.1 cm³/mol. The molecule has 0 saturated carbocycles. The molecule has 0 atom stereocenters. The number of hydrogen-bond acceptors (Lipinski definition) is 1. The number of halogens is 1. The van der Waals surface area contributed by atoms with Gasteiger partial charge in [0, 0.05) is 0 Å². The van der Waals surface area contributed by atoms with E-state index in [1.165, 1.54) is 0 Å². The third kappa shape index (κ3) is 3.20. The van der Waals surface area contributed by atoms with Gasteiger partial charge in [-0.05, 0) is 36.1 Å². The van der Waals surface area contributed by atoms with Gasteiger partial charge >= 0.3 is 0 Å². The molecular formula is C17H18ClNO. The Morgan fingerprint density at radius 1 is 1.00 bits per heavy atom. The minimum atomic E-state index is -0.164. The Morgan fingerprint density at radius 3 is 1.85 bits per heavy atom. The van der Waals surface area contributed by atoms with Crippen LogP contribution in [0, 0.1) is 13.8 Å². The summed E-state index contributed by atoms with van der Waals surface area (Å²) in [7, 11) is 0. The van der Waals surface area contributed by atoms with Crippen LogP contribution in [0.15, 0.2) is 48.5 Å². The summed E-state index contributed by atoms with van der Waals surface area (Å²) in [4.78, 5) is 11.7. The second-order valence-corrected chi connectivity index (χ2v) is 5.11. The number of carbonyl (C=O) groups is 1. The molecular weight excluding hydrogens is 270 g/mol. The van der Waals surface area contributed by atoms with Gasteiger partial charge in [-0.15, -0.1) is 11.6 Å². The van der Waals surface area contributed by atoms with Crippen molar-refractivity contribution in [3.63, 3.8) is 0 Å². The molecule has 0 spiro atoms. The fourth-order valence-electron chi connectivity index (χ4n) is 2.34. The zero-order valence-corrected chi connectivity index (χ0v) is 12.4. The van der Waals surface area contributed by atoms with E-state index >= 15 is 0 Å². The number of alkyl halides is 1. The van der Waals surface area contributed by atoms with Crippen LogP contribution >= 0.6 is 11.6 Å². The van der Waals surface area contributed by atoms with E-state index in [0.717, 1.165) is 22.3 Å². The van der Waals surface area contributed by atoms with E-state index in [1.807, 2.05) is 62.4 Å². The highest BCUT2D eigenvalue weighted by Gasteiger charge is 2.19. The number of amides is 1. The van der Waals surface area contributed by atoms with Crippen molar-refractivity contribution in [2.45, 2.75) is 19.9 Å². The summed E-state index contributed by atoms with van der Waals surface area (Å²) in [5.41, 5.74) is 4.49. The van der Waals surface area contributed by atoms with Gasteiger partial charge in [-0.3, -0.25) is 4.79 Å². The number of hydrogen-bond donors (Lipinski definition) is 1. The third-order valence-electron chi connectivity index (χ3n) is 3.43. The van der Waals surface area contributed by atoms with Crippen LogP contribution in [0.1, 0.15) is 28.3 Å². The molecule has 0 saturated heterocycles. The Hall–Kier alpha value is -1.80. The molecule has 0 bridgehead atoms. The maximum absolute atomic E-state index is 11.7. The minimum Gasteiger partial charge on any atom is -0.344 e. The van der Waals surface area contributed by atoms with Gasteiger partial charge in [-0.25, -0.2) is 0 Å².